The number of hydrogen-bond acceptors (Lipinski definition) is 29. The van der Waals surface area contributed by atoms with E-state index in [0.29, 0.717) is 75.3 Å². The Bertz CT molecular complexity index is 4900. The van der Waals surface area contributed by atoms with Gasteiger partial charge in [0.2, 0.25) is 34.4 Å². The molecule has 0 unspecified atom stereocenters. The molecule has 1 saturated heterocycles. The Hall–Kier alpha value is -8.14. The largest absolute Gasteiger partial charge is 0.505 e. The Morgan fingerprint density at radius 2 is 1.07 bits per heavy atom. The summed E-state index contributed by atoms with van der Waals surface area (Å²) in [5, 5.41) is 25.9. The number of nitrogens with two attached hydrogens (primary N) is 1. The highest BCUT2D eigenvalue weighted by atomic mass is 35.5. The Morgan fingerprint density at radius 1 is 0.506 bits per heavy atom. The fourth-order valence-electron chi connectivity index (χ4n) is 8.45. The van der Waals surface area contributed by atoms with Crippen molar-refractivity contribution < 1.29 is 82.9 Å². The van der Waals surface area contributed by atoms with Crippen LogP contribution in [-0.4, -0.2) is 157 Å². The third-order valence-corrected chi connectivity index (χ3v) is 18.0. The van der Waals surface area contributed by atoms with Gasteiger partial charge < -0.3 is 31.7 Å². The van der Waals surface area contributed by atoms with Gasteiger partial charge in [0, 0.05) is 61.4 Å². The molecular formula is C44H40Cl2N16O19S6. The maximum atomic E-state index is 12.6. The van der Waals surface area contributed by atoms with Gasteiger partial charge in [-0.25, -0.2) is 0 Å². The topological polar surface area (TPSA) is 541 Å². The highest BCUT2D eigenvalue weighted by Crippen LogP contribution is 2.43. The number of phenols is 1. The SMILES string of the molecule is Nc1cc(Nc2nc(Cl)nc(N3CCN(CCNc4nc(Cl)nc(Nc5ccc6c(O)c(N=Nc7cc(S(=O)(=O)O)ccc7S(=O)(=O)O)c(S(=O)(=O)O)cc6c5)n4)CC3)n2)ccc1NNc1cc2c(S(=O)(=O)O)cc(S(=O)(=O)O)cc2cc1S(=O)(=O)O. The molecule has 0 saturated carbocycles. The third kappa shape index (κ3) is 15.0. The highest BCUT2D eigenvalue weighted by molar-refractivity contribution is 7.87. The van der Waals surface area contributed by atoms with E-state index < -0.39 is 124 Å². The number of phenolic OH excluding ortho intramolecular Hbond substituents is 1. The molecule has 0 atom stereocenters. The van der Waals surface area contributed by atoms with Crippen LogP contribution in [0.25, 0.3) is 21.5 Å². The summed E-state index contributed by atoms with van der Waals surface area (Å²) in [6, 6.07) is 13.7. The van der Waals surface area contributed by atoms with Crippen molar-refractivity contribution in [3.63, 3.8) is 0 Å². The van der Waals surface area contributed by atoms with E-state index in [1.165, 1.54) is 36.4 Å². The van der Waals surface area contributed by atoms with Crippen LogP contribution in [-0.2, 0) is 60.7 Å². The fourth-order valence-corrected chi connectivity index (χ4v) is 12.5. The van der Waals surface area contributed by atoms with E-state index in [1.54, 1.807) is 0 Å². The van der Waals surface area contributed by atoms with Crippen molar-refractivity contribution in [2.45, 2.75) is 29.4 Å². The van der Waals surface area contributed by atoms with Gasteiger partial charge in [0.15, 0.2) is 5.75 Å². The number of rotatable bonds is 20. The van der Waals surface area contributed by atoms with Crippen LogP contribution in [0.5, 0.6) is 5.75 Å². The lowest BCUT2D eigenvalue weighted by atomic mass is 10.1. The minimum absolute atomic E-state index is 0.0211. The lowest BCUT2D eigenvalue weighted by Gasteiger charge is -2.34. The summed E-state index contributed by atoms with van der Waals surface area (Å²) in [5.41, 5.74) is 9.83. The molecule has 6 aromatic carbocycles. The van der Waals surface area contributed by atoms with Crippen LogP contribution in [0.1, 0.15) is 0 Å². The molecule has 1 aliphatic heterocycles. The van der Waals surface area contributed by atoms with Crippen molar-refractivity contribution in [3.05, 3.63) is 95.5 Å². The zero-order valence-electron chi connectivity index (χ0n) is 43.1. The molecule has 460 valence electrons. The number of aromatic nitrogens is 6. The Morgan fingerprint density at radius 3 is 1.69 bits per heavy atom. The van der Waals surface area contributed by atoms with E-state index >= 15 is 0 Å². The average Bonchev–Trinajstić information content (AvgIpc) is 0.831. The molecule has 0 bridgehead atoms. The van der Waals surface area contributed by atoms with Crippen LogP contribution in [0, 0.1) is 0 Å². The monoisotopic (exact) mass is 1360 g/mol. The highest BCUT2D eigenvalue weighted by Gasteiger charge is 2.28. The van der Waals surface area contributed by atoms with E-state index in [1.807, 2.05) is 4.90 Å². The summed E-state index contributed by atoms with van der Waals surface area (Å²) < 4.78 is 204. The summed E-state index contributed by atoms with van der Waals surface area (Å²) in [7, 11) is -30.6. The number of hydrazine groups is 1. The normalized spacial score (nSPS) is 14.0. The van der Waals surface area contributed by atoms with E-state index in [4.69, 9.17) is 28.9 Å². The van der Waals surface area contributed by atoms with Gasteiger partial charge in [-0.1, -0.05) is 0 Å². The summed E-state index contributed by atoms with van der Waals surface area (Å²) in [6.45, 7) is 2.73. The fraction of sp³-hybridized carbons (Fsp3) is 0.136. The summed E-state index contributed by atoms with van der Waals surface area (Å²) in [6.07, 6.45) is 0. The van der Waals surface area contributed by atoms with Gasteiger partial charge >= 0.3 is 0 Å². The number of anilines is 9. The molecule has 35 nitrogen and oxygen atoms in total. The zero-order chi connectivity index (χ0) is 63.3. The van der Waals surface area contributed by atoms with Crippen molar-refractivity contribution in [3.8, 4) is 5.75 Å². The molecule has 9 rings (SSSR count). The lowest BCUT2D eigenvalue weighted by Crippen LogP contribution is -2.48. The van der Waals surface area contributed by atoms with Gasteiger partial charge in [-0.15, -0.1) is 10.2 Å². The van der Waals surface area contributed by atoms with Gasteiger partial charge in [-0.3, -0.25) is 43.1 Å². The van der Waals surface area contributed by atoms with Gasteiger partial charge in [-0.2, -0.15) is 80.4 Å². The Balaban J connectivity index is 0.813. The first-order valence-electron chi connectivity index (χ1n) is 23.8. The minimum atomic E-state index is -5.23. The molecule has 87 heavy (non-hydrogen) atoms. The van der Waals surface area contributed by atoms with Crippen molar-refractivity contribution in [2.75, 3.05) is 76.7 Å². The first kappa shape index (κ1) is 63.4. The van der Waals surface area contributed by atoms with Crippen LogP contribution >= 0.6 is 23.2 Å². The van der Waals surface area contributed by atoms with Gasteiger partial charge in [-0.05, 0) is 119 Å². The predicted molar refractivity (Wildman–Crippen MR) is 311 cm³/mol. The maximum absolute atomic E-state index is 12.6. The molecule has 1 aliphatic rings. The molecule has 0 aliphatic carbocycles. The number of aromatic hydroxyl groups is 1. The second-order valence-corrected chi connectivity index (χ2v) is 27.3. The van der Waals surface area contributed by atoms with Gasteiger partial charge in [0.1, 0.15) is 31.0 Å². The molecule has 0 radical (unpaired) electrons. The molecular weight excluding hydrogens is 1320 g/mol. The van der Waals surface area contributed by atoms with E-state index in [0.717, 1.165) is 18.2 Å². The zero-order valence-corrected chi connectivity index (χ0v) is 49.5. The minimum Gasteiger partial charge on any atom is -0.505 e. The van der Waals surface area contributed by atoms with Gasteiger partial charge in [0.25, 0.3) is 60.7 Å². The number of nitrogen functional groups attached to an aromatic ring is 1. The smallest absolute Gasteiger partial charge is 0.296 e. The lowest BCUT2D eigenvalue weighted by molar-refractivity contribution is 0.266. The average molecular weight is 1360 g/mol. The number of piperazine rings is 1. The number of nitrogens with one attached hydrogen (secondary N) is 5. The van der Waals surface area contributed by atoms with Crippen molar-refractivity contribution in [1.82, 2.24) is 34.8 Å². The molecule has 8 aromatic rings. The molecule has 14 N–H and O–H groups in total. The van der Waals surface area contributed by atoms with Crippen molar-refractivity contribution in [2.24, 2.45) is 10.2 Å². The molecule has 0 amide bonds. The molecule has 1 fully saturated rings. The number of benzene rings is 6. The second-order valence-electron chi connectivity index (χ2n) is 18.2. The Kier molecular flexibility index (Phi) is 17.4. The van der Waals surface area contributed by atoms with Crippen LogP contribution in [0.15, 0.2) is 125 Å². The first-order chi connectivity index (χ1) is 40.5. The molecule has 43 heteroatoms. The number of nitrogens with zero attached hydrogens (tertiary/aromatic N) is 10. The standard InChI is InChI=1S/C44H40Cl2N16O19S6/c45-39-51-41(55-42(52-39)49-23-1-4-27-21(13-23)16-36(87(79,80)81)37(38(27)63)60-59-31-18-25(82(64,65)66)3-6-33(31)84(70,71)72)48-7-8-61-9-11-62(12-10-61)44-54-40(46)53-43(56-44)50-24-2-5-30(29(47)17-24)57-58-32-20-28-22(15-35(32)86(76,77)78)14-26(83(67,68)69)19-34(28)85(73,74)75/h1-6,13-20,57-58,63H,7-12,47H2,(H,64,65,66)(H,67,68,69)(H,70,71,72)(H,73,74,75)(H,76,77,78)(H,79,80,81)(H,50,53,54,56)(H2,48,49,51,52,55). The number of hydrogen-bond donors (Lipinski definition) is 13. The van der Waals surface area contributed by atoms with Crippen LogP contribution in [0.3, 0.4) is 0 Å². The molecule has 3 heterocycles. The van der Waals surface area contributed by atoms with Gasteiger partial charge in [0.05, 0.1) is 26.9 Å². The van der Waals surface area contributed by atoms with Crippen LogP contribution in [0.4, 0.5) is 63.6 Å². The maximum Gasteiger partial charge on any atom is 0.296 e. The van der Waals surface area contributed by atoms with Crippen LogP contribution in [0.2, 0.25) is 10.6 Å². The molecule has 0 spiro atoms. The number of fused-ring (bicyclic) bond motifs is 2. The summed E-state index contributed by atoms with van der Waals surface area (Å²) >= 11 is 12.6. The predicted octanol–water partition coefficient (Wildman–Crippen LogP) is 5.01. The second kappa shape index (κ2) is 23.9. The van der Waals surface area contributed by atoms with E-state index in [9.17, 15) is 82.9 Å². The summed E-state index contributed by atoms with van der Waals surface area (Å²) in [4.78, 5) is 23.6. The first-order valence-corrected chi connectivity index (χ1v) is 33.2. The third-order valence-electron chi connectivity index (χ3n) is 12.4. The number of halogens is 2. The van der Waals surface area contributed by atoms with Crippen LogP contribution < -0.4 is 37.4 Å². The quantitative estimate of drug-likeness (QED) is 0.0206. The van der Waals surface area contributed by atoms with E-state index in [-0.39, 0.29) is 62.2 Å². The molecule has 2 aromatic heterocycles. The van der Waals surface area contributed by atoms with Crippen molar-refractivity contribution >= 4 is 169 Å². The van der Waals surface area contributed by atoms with Crippen molar-refractivity contribution in [1.29, 1.82) is 0 Å². The Labute approximate surface area is 501 Å². The summed E-state index contributed by atoms with van der Waals surface area (Å²) in [5.74, 6) is -0.666. The van der Waals surface area contributed by atoms with E-state index in [2.05, 4.69) is 71.8 Å². The number of azo groups is 1.